The Morgan fingerprint density at radius 1 is 1.18 bits per heavy atom. The van der Waals surface area contributed by atoms with Gasteiger partial charge in [-0.15, -0.1) is 21.5 Å². The van der Waals surface area contributed by atoms with Crippen molar-refractivity contribution in [3.05, 3.63) is 58.5 Å². The molecule has 0 aliphatic carbocycles. The third kappa shape index (κ3) is 2.45. The maximum Gasteiger partial charge on any atom is 0.269 e. The van der Waals surface area contributed by atoms with Gasteiger partial charge >= 0.3 is 0 Å². The average Bonchev–Trinajstić information content (AvgIpc) is 3.37. The number of rotatable bonds is 3. The van der Waals surface area contributed by atoms with Crippen LogP contribution in [0.2, 0.25) is 0 Å². The lowest BCUT2D eigenvalue weighted by molar-refractivity contribution is 0.1000. The van der Waals surface area contributed by atoms with Gasteiger partial charge in [-0.3, -0.25) is 14.0 Å². The predicted molar refractivity (Wildman–Crippen MR) is 102 cm³/mol. The zero-order chi connectivity index (χ0) is 19.3. The zero-order valence-corrected chi connectivity index (χ0v) is 14.8. The smallest absolute Gasteiger partial charge is 0.269 e. The Balaban J connectivity index is 1.88. The monoisotopic (exact) mass is 390 g/mol. The summed E-state index contributed by atoms with van der Waals surface area (Å²) in [5.74, 6) is -0.499. The standard InChI is InChI=1S/C17H10N8O2S/c18-14(26)8-5-6-25-11(7-8)20-13(12(17(25)27)15-21-23-24-22-15)16-19-9-3-1-2-4-10(9)28-16/h1-7H,(H2,18,26)(H,21,22,23,24). The molecule has 4 heterocycles. The normalized spacial score (nSPS) is 11.3. The van der Waals surface area contributed by atoms with Crippen molar-refractivity contribution < 1.29 is 4.79 Å². The van der Waals surface area contributed by atoms with Crippen LogP contribution in [0.15, 0.2) is 47.4 Å². The van der Waals surface area contributed by atoms with E-state index in [9.17, 15) is 9.59 Å². The van der Waals surface area contributed by atoms with Crippen molar-refractivity contribution >= 4 is 33.1 Å². The Kier molecular flexibility index (Phi) is 3.49. The SMILES string of the molecule is NC(=O)c1ccn2c(=O)c(-c3nn[nH]n3)c(-c3nc4ccccc4s3)nc2c1. The molecule has 28 heavy (non-hydrogen) atoms. The lowest BCUT2D eigenvalue weighted by Crippen LogP contribution is -2.20. The predicted octanol–water partition coefficient (Wildman–Crippen LogP) is 1.25. The highest BCUT2D eigenvalue weighted by atomic mass is 32.1. The minimum absolute atomic E-state index is 0.111. The fourth-order valence-corrected chi connectivity index (χ4v) is 3.85. The van der Waals surface area contributed by atoms with Crippen molar-refractivity contribution in [3.8, 4) is 22.1 Å². The van der Waals surface area contributed by atoms with E-state index in [1.807, 2.05) is 24.3 Å². The van der Waals surface area contributed by atoms with Crippen LogP contribution < -0.4 is 11.3 Å². The highest BCUT2D eigenvalue weighted by molar-refractivity contribution is 7.21. The largest absolute Gasteiger partial charge is 0.366 e. The van der Waals surface area contributed by atoms with Gasteiger partial charge in [0.25, 0.3) is 5.56 Å². The summed E-state index contributed by atoms with van der Waals surface area (Å²) in [7, 11) is 0. The molecule has 3 N–H and O–H groups in total. The first-order valence-electron chi connectivity index (χ1n) is 8.08. The number of H-pyrrole nitrogens is 1. The number of benzene rings is 1. The summed E-state index contributed by atoms with van der Waals surface area (Å²) in [4.78, 5) is 33.9. The number of pyridine rings is 1. The molecule has 10 nitrogen and oxygen atoms in total. The molecule has 0 unspecified atom stereocenters. The fourth-order valence-electron chi connectivity index (χ4n) is 2.89. The Labute approximate surface area is 159 Å². The van der Waals surface area contributed by atoms with Gasteiger partial charge in [-0.1, -0.05) is 12.1 Å². The number of nitrogens with one attached hydrogen (secondary N) is 1. The Morgan fingerprint density at radius 3 is 2.79 bits per heavy atom. The second kappa shape index (κ2) is 6.03. The second-order valence-electron chi connectivity index (χ2n) is 5.87. The number of amides is 1. The number of nitrogens with zero attached hydrogens (tertiary/aromatic N) is 6. The zero-order valence-electron chi connectivity index (χ0n) is 14.0. The topological polar surface area (TPSA) is 145 Å². The molecule has 0 saturated carbocycles. The van der Waals surface area contributed by atoms with E-state index in [4.69, 9.17) is 5.73 Å². The van der Waals surface area contributed by atoms with Gasteiger partial charge in [0.1, 0.15) is 21.9 Å². The van der Waals surface area contributed by atoms with E-state index in [0.29, 0.717) is 10.7 Å². The first kappa shape index (κ1) is 16.2. The molecule has 0 radical (unpaired) electrons. The van der Waals surface area contributed by atoms with Crippen LogP contribution in [0.3, 0.4) is 0 Å². The number of primary amides is 1. The van der Waals surface area contributed by atoms with E-state index in [-0.39, 0.29) is 22.6 Å². The molecule has 4 aromatic heterocycles. The van der Waals surface area contributed by atoms with E-state index in [2.05, 4.69) is 30.6 Å². The molecular weight excluding hydrogens is 380 g/mol. The van der Waals surface area contributed by atoms with Crippen LogP contribution in [-0.2, 0) is 0 Å². The lowest BCUT2D eigenvalue weighted by Gasteiger charge is -2.07. The molecule has 1 aromatic carbocycles. The van der Waals surface area contributed by atoms with Crippen molar-refractivity contribution in [1.82, 2.24) is 35.0 Å². The fraction of sp³-hybridized carbons (Fsp3) is 0. The van der Waals surface area contributed by atoms with Gasteiger partial charge in [-0.05, 0) is 29.5 Å². The third-order valence-corrected chi connectivity index (χ3v) is 5.22. The number of aromatic amines is 1. The molecule has 0 spiro atoms. The first-order chi connectivity index (χ1) is 13.6. The van der Waals surface area contributed by atoms with Crippen LogP contribution in [0.5, 0.6) is 0 Å². The number of carbonyl (C=O) groups is 1. The van der Waals surface area contributed by atoms with Crippen molar-refractivity contribution in [3.63, 3.8) is 0 Å². The summed E-state index contributed by atoms with van der Waals surface area (Å²) < 4.78 is 2.25. The molecule has 1 amide bonds. The number of aromatic nitrogens is 7. The molecule has 0 saturated heterocycles. The van der Waals surface area contributed by atoms with Crippen LogP contribution in [0.4, 0.5) is 0 Å². The van der Waals surface area contributed by atoms with Gasteiger partial charge in [0.05, 0.1) is 10.2 Å². The Hall–Kier alpha value is -3.99. The number of para-hydroxylation sites is 1. The Bertz CT molecular complexity index is 1390. The van der Waals surface area contributed by atoms with Crippen LogP contribution in [0.25, 0.3) is 38.0 Å². The van der Waals surface area contributed by atoms with Gasteiger partial charge < -0.3 is 5.73 Å². The molecular formula is C17H10N8O2S. The summed E-state index contributed by atoms with van der Waals surface area (Å²) in [6.07, 6.45) is 1.44. The van der Waals surface area contributed by atoms with Crippen molar-refractivity contribution in [2.45, 2.75) is 0 Å². The summed E-state index contributed by atoms with van der Waals surface area (Å²) in [6.45, 7) is 0. The minimum atomic E-state index is -0.611. The summed E-state index contributed by atoms with van der Waals surface area (Å²) in [5, 5.41) is 14.3. The highest BCUT2D eigenvalue weighted by Gasteiger charge is 2.22. The number of hydrogen-bond acceptors (Lipinski definition) is 8. The molecule has 136 valence electrons. The van der Waals surface area contributed by atoms with Gasteiger partial charge in [0.2, 0.25) is 11.7 Å². The quantitative estimate of drug-likeness (QED) is 0.471. The molecule has 0 aliphatic rings. The molecule has 5 rings (SSSR count). The summed E-state index contributed by atoms with van der Waals surface area (Å²) >= 11 is 1.39. The molecule has 0 fully saturated rings. The number of hydrogen-bond donors (Lipinski definition) is 2. The molecule has 11 heteroatoms. The van der Waals surface area contributed by atoms with Crippen molar-refractivity contribution in [2.24, 2.45) is 5.73 Å². The second-order valence-corrected chi connectivity index (χ2v) is 6.90. The summed E-state index contributed by atoms with van der Waals surface area (Å²) in [5.41, 5.74) is 6.72. The highest BCUT2D eigenvalue weighted by Crippen LogP contribution is 2.32. The van der Waals surface area contributed by atoms with Gasteiger partial charge in [-0.25, -0.2) is 9.97 Å². The molecule has 0 aliphatic heterocycles. The average molecular weight is 390 g/mol. The summed E-state index contributed by atoms with van der Waals surface area (Å²) in [6, 6.07) is 10.5. The van der Waals surface area contributed by atoms with E-state index in [0.717, 1.165) is 10.2 Å². The van der Waals surface area contributed by atoms with Gasteiger partial charge in [0, 0.05) is 11.8 Å². The molecule has 5 aromatic rings. The third-order valence-electron chi connectivity index (χ3n) is 4.18. The van der Waals surface area contributed by atoms with E-state index >= 15 is 0 Å². The van der Waals surface area contributed by atoms with Gasteiger partial charge in [-0.2, -0.15) is 5.21 Å². The number of carbonyl (C=O) groups excluding carboxylic acids is 1. The van der Waals surface area contributed by atoms with Crippen LogP contribution in [0, 0.1) is 0 Å². The molecule has 0 atom stereocenters. The van der Waals surface area contributed by atoms with E-state index in [1.165, 1.54) is 34.1 Å². The van der Waals surface area contributed by atoms with Crippen molar-refractivity contribution in [1.29, 1.82) is 0 Å². The minimum Gasteiger partial charge on any atom is -0.366 e. The number of fused-ring (bicyclic) bond motifs is 2. The number of thiazole rings is 1. The maximum absolute atomic E-state index is 13.2. The van der Waals surface area contributed by atoms with Crippen LogP contribution >= 0.6 is 11.3 Å². The van der Waals surface area contributed by atoms with Crippen LogP contribution in [0.1, 0.15) is 10.4 Å². The van der Waals surface area contributed by atoms with Crippen LogP contribution in [-0.4, -0.2) is 40.9 Å². The number of nitrogens with two attached hydrogens (primary N) is 1. The maximum atomic E-state index is 13.2. The Morgan fingerprint density at radius 2 is 2.04 bits per heavy atom. The van der Waals surface area contributed by atoms with E-state index < -0.39 is 11.5 Å². The first-order valence-corrected chi connectivity index (χ1v) is 8.89. The number of tetrazole rings is 1. The molecule has 0 bridgehead atoms. The van der Waals surface area contributed by atoms with Crippen molar-refractivity contribution in [2.75, 3.05) is 0 Å². The van der Waals surface area contributed by atoms with E-state index in [1.54, 1.807) is 0 Å². The lowest BCUT2D eigenvalue weighted by atomic mass is 10.2. The van der Waals surface area contributed by atoms with Gasteiger partial charge in [0.15, 0.2) is 0 Å².